The third-order valence-electron chi connectivity index (χ3n) is 4.56. The summed E-state index contributed by atoms with van der Waals surface area (Å²) in [6, 6.07) is 0. The van der Waals surface area contributed by atoms with Crippen LogP contribution >= 0.6 is 0 Å². The average Bonchev–Trinajstić information content (AvgIpc) is 2.38. The van der Waals surface area contributed by atoms with Gasteiger partial charge in [0.25, 0.3) is 0 Å². The molecular weight excluding hydrogens is 208 g/mol. The highest BCUT2D eigenvalue weighted by Crippen LogP contribution is 2.33. The van der Waals surface area contributed by atoms with E-state index in [0.717, 1.165) is 12.5 Å². The van der Waals surface area contributed by atoms with Gasteiger partial charge >= 0.3 is 0 Å². The van der Waals surface area contributed by atoms with Crippen molar-refractivity contribution in [2.75, 3.05) is 19.6 Å². The summed E-state index contributed by atoms with van der Waals surface area (Å²) in [6.45, 7) is 10.3. The van der Waals surface area contributed by atoms with Gasteiger partial charge in [0, 0.05) is 18.6 Å². The van der Waals surface area contributed by atoms with Gasteiger partial charge in [-0.2, -0.15) is 0 Å². The molecule has 1 fully saturated rings. The first-order chi connectivity index (χ1) is 8.18. The lowest BCUT2D eigenvalue weighted by molar-refractivity contribution is 0.0440. The Labute approximate surface area is 108 Å². The van der Waals surface area contributed by atoms with Crippen LogP contribution in [0.5, 0.6) is 0 Å². The maximum atomic E-state index is 6.14. The lowest BCUT2D eigenvalue weighted by Crippen LogP contribution is -2.56. The second kappa shape index (κ2) is 7.38. The Morgan fingerprint density at radius 3 is 2.29 bits per heavy atom. The van der Waals surface area contributed by atoms with E-state index < -0.39 is 0 Å². The van der Waals surface area contributed by atoms with E-state index in [2.05, 4.69) is 25.7 Å². The van der Waals surface area contributed by atoms with Gasteiger partial charge in [0.2, 0.25) is 0 Å². The fourth-order valence-electron chi connectivity index (χ4n) is 3.16. The minimum atomic E-state index is 0.331. The average molecular weight is 240 g/mol. The van der Waals surface area contributed by atoms with Crippen molar-refractivity contribution >= 4 is 0 Å². The van der Waals surface area contributed by atoms with Crippen LogP contribution in [0.4, 0.5) is 0 Å². The highest BCUT2D eigenvalue weighted by atomic mass is 15.2. The molecule has 0 saturated heterocycles. The van der Waals surface area contributed by atoms with Gasteiger partial charge in [-0.15, -0.1) is 0 Å². The lowest BCUT2D eigenvalue weighted by Gasteiger charge is -2.47. The molecule has 2 nitrogen and oxygen atoms in total. The third-order valence-corrected chi connectivity index (χ3v) is 4.56. The summed E-state index contributed by atoms with van der Waals surface area (Å²) in [5.41, 5.74) is 6.48. The lowest BCUT2D eigenvalue weighted by atomic mass is 9.79. The van der Waals surface area contributed by atoms with Crippen LogP contribution in [0.2, 0.25) is 0 Å². The number of rotatable bonds is 7. The third kappa shape index (κ3) is 3.96. The Hall–Kier alpha value is -0.0800. The Kier molecular flexibility index (Phi) is 6.50. The maximum Gasteiger partial charge on any atom is 0.0331 e. The van der Waals surface area contributed by atoms with E-state index >= 15 is 0 Å². The van der Waals surface area contributed by atoms with Gasteiger partial charge in [-0.3, -0.25) is 4.90 Å². The molecule has 0 heterocycles. The second-order valence-corrected chi connectivity index (χ2v) is 5.95. The van der Waals surface area contributed by atoms with Crippen molar-refractivity contribution in [3.63, 3.8) is 0 Å². The summed E-state index contributed by atoms with van der Waals surface area (Å²) in [6.07, 6.45) is 9.32. The zero-order chi connectivity index (χ0) is 12.7. The quantitative estimate of drug-likeness (QED) is 0.739. The van der Waals surface area contributed by atoms with Crippen molar-refractivity contribution in [3.05, 3.63) is 0 Å². The van der Waals surface area contributed by atoms with Crippen molar-refractivity contribution in [1.29, 1.82) is 0 Å². The zero-order valence-corrected chi connectivity index (χ0v) is 12.2. The first-order valence-electron chi connectivity index (χ1n) is 7.63. The number of nitrogens with zero attached hydrogens (tertiary/aromatic N) is 1. The minimum Gasteiger partial charge on any atom is -0.329 e. The van der Waals surface area contributed by atoms with Crippen LogP contribution in [0, 0.1) is 5.92 Å². The molecule has 1 unspecified atom stereocenters. The van der Waals surface area contributed by atoms with E-state index in [0.29, 0.717) is 5.54 Å². The van der Waals surface area contributed by atoms with Crippen LogP contribution in [-0.2, 0) is 0 Å². The normalized spacial score (nSPS) is 21.7. The molecule has 0 aliphatic heterocycles. The molecule has 1 rings (SSSR count). The van der Waals surface area contributed by atoms with E-state index in [1.165, 1.54) is 58.0 Å². The summed E-state index contributed by atoms with van der Waals surface area (Å²) in [5.74, 6) is 0.798. The van der Waals surface area contributed by atoms with Crippen molar-refractivity contribution in [1.82, 2.24) is 4.90 Å². The standard InChI is InChI=1S/C15H32N2/c1-4-11-17(12-14(3)5-2)15(13-16)9-7-6-8-10-15/h14H,4-13,16H2,1-3H3. The van der Waals surface area contributed by atoms with E-state index in [1.54, 1.807) is 0 Å². The molecule has 1 saturated carbocycles. The molecule has 0 bridgehead atoms. The number of hydrogen-bond donors (Lipinski definition) is 1. The largest absolute Gasteiger partial charge is 0.329 e. The molecule has 2 N–H and O–H groups in total. The second-order valence-electron chi connectivity index (χ2n) is 5.95. The van der Waals surface area contributed by atoms with Crippen molar-refractivity contribution in [2.45, 2.75) is 71.3 Å². The Morgan fingerprint density at radius 1 is 1.18 bits per heavy atom. The first kappa shape index (κ1) is 15.0. The molecule has 0 aromatic rings. The van der Waals surface area contributed by atoms with Gasteiger partial charge in [0.1, 0.15) is 0 Å². The zero-order valence-electron chi connectivity index (χ0n) is 12.2. The van der Waals surface area contributed by atoms with Gasteiger partial charge in [-0.05, 0) is 31.7 Å². The predicted molar refractivity (Wildman–Crippen MR) is 76.2 cm³/mol. The molecule has 1 aliphatic rings. The first-order valence-corrected chi connectivity index (χ1v) is 7.63. The van der Waals surface area contributed by atoms with Crippen LogP contribution in [0.15, 0.2) is 0 Å². The van der Waals surface area contributed by atoms with Crippen LogP contribution < -0.4 is 5.73 Å². The summed E-state index contributed by atoms with van der Waals surface area (Å²) in [7, 11) is 0. The van der Waals surface area contributed by atoms with Gasteiger partial charge in [0.15, 0.2) is 0 Å². The predicted octanol–water partition coefficient (Wildman–Crippen LogP) is 3.41. The van der Waals surface area contributed by atoms with Gasteiger partial charge in [0.05, 0.1) is 0 Å². The Balaban J connectivity index is 2.70. The SMILES string of the molecule is CCCN(CC(C)CC)C1(CN)CCCCC1. The molecule has 0 amide bonds. The monoisotopic (exact) mass is 240 g/mol. The Morgan fingerprint density at radius 2 is 1.82 bits per heavy atom. The molecule has 1 atom stereocenters. The maximum absolute atomic E-state index is 6.14. The van der Waals surface area contributed by atoms with Gasteiger partial charge in [-0.1, -0.05) is 46.5 Å². The summed E-state index contributed by atoms with van der Waals surface area (Å²) < 4.78 is 0. The molecule has 0 spiro atoms. The van der Waals surface area contributed by atoms with Crippen molar-refractivity contribution in [3.8, 4) is 0 Å². The highest BCUT2D eigenvalue weighted by Gasteiger charge is 2.36. The van der Waals surface area contributed by atoms with Gasteiger partial charge in [-0.25, -0.2) is 0 Å². The summed E-state index contributed by atoms with van der Waals surface area (Å²) in [4.78, 5) is 2.72. The molecule has 2 heteroatoms. The fraction of sp³-hybridized carbons (Fsp3) is 1.00. The topological polar surface area (TPSA) is 29.3 Å². The molecule has 0 aromatic carbocycles. The van der Waals surface area contributed by atoms with E-state index in [4.69, 9.17) is 5.73 Å². The van der Waals surface area contributed by atoms with E-state index in [-0.39, 0.29) is 0 Å². The van der Waals surface area contributed by atoms with Gasteiger partial charge < -0.3 is 5.73 Å². The number of nitrogens with two attached hydrogens (primary N) is 1. The highest BCUT2D eigenvalue weighted by molar-refractivity contribution is 4.94. The fourth-order valence-corrected chi connectivity index (χ4v) is 3.16. The minimum absolute atomic E-state index is 0.331. The van der Waals surface area contributed by atoms with Crippen LogP contribution in [0.3, 0.4) is 0 Å². The smallest absolute Gasteiger partial charge is 0.0331 e. The molecule has 0 radical (unpaired) electrons. The Bertz CT molecular complexity index is 197. The van der Waals surface area contributed by atoms with Crippen molar-refractivity contribution in [2.24, 2.45) is 11.7 Å². The molecule has 0 aromatic heterocycles. The summed E-state index contributed by atoms with van der Waals surface area (Å²) >= 11 is 0. The van der Waals surface area contributed by atoms with Crippen LogP contribution in [-0.4, -0.2) is 30.1 Å². The summed E-state index contributed by atoms with van der Waals surface area (Å²) in [5, 5.41) is 0. The van der Waals surface area contributed by atoms with Crippen molar-refractivity contribution < 1.29 is 0 Å². The number of hydrogen-bond acceptors (Lipinski definition) is 2. The molecule has 1 aliphatic carbocycles. The van der Waals surface area contributed by atoms with E-state index in [9.17, 15) is 0 Å². The molecule has 17 heavy (non-hydrogen) atoms. The molecule has 102 valence electrons. The van der Waals surface area contributed by atoms with Crippen LogP contribution in [0.25, 0.3) is 0 Å². The van der Waals surface area contributed by atoms with Crippen LogP contribution in [0.1, 0.15) is 65.7 Å². The van der Waals surface area contributed by atoms with E-state index in [1.807, 2.05) is 0 Å². The molecular formula is C15H32N2.